The molecule has 38 heavy (non-hydrogen) atoms. The maximum atomic E-state index is 14.1. The first-order chi connectivity index (χ1) is 17.6. The van der Waals surface area contributed by atoms with Gasteiger partial charge in [-0.2, -0.15) is 18.4 Å². The predicted molar refractivity (Wildman–Crippen MR) is 128 cm³/mol. The van der Waals surface area contributed by atoms with Crippen LogP contribution in [0.5, 0.6) is 0 Å². The lowest BCUT2D eigenvalue weighted by atomic mass is 10.0. The number of sulfone groups is 2. The fourth-order valence-electron chi connectivity index (χ4n) is 4.60. The van der Waals surface area contributed by atoms with Crippen LogP contribution in [-0.4, -0.2) is 58.0 Å². The molecule has 1 amide bonds. The number of halogens is 3. The summed E-state index contributed by atoms with van der Waals surface area (Å²) in [6, 6.07) is 5.80. The lowest BCUT2D eigenvalue weighted by Gasteiger charge is -2.19. The summed E-state index contributed by atoms with van der Waals surface area (Å²) in [6.45, 7) is 0. The third-order valence-electron chi connectivity index (χ3n) is 6.93. The lowest BCUT2D eigenvalue weighted by molar-refractivity contribution is -0.139. The van der Waals surface area contributed by atoms with Crippen LogP contribution in [0.4, 0.5) is 13.2 Å². The van der Waals surface area contributed by atoms with E-state index in [1.165, 1.54) is 13.3 Å². The van der Waals surface area contributed by atoms with E-state index in [0.717, 1.165) is 30.7 Å². The molecule has 4 rings (SSSR count). The average Bonchev–Trinajstić information content (AvgIpc) is 3.48. The van der Waals surface area contributed by atoms with Crippen LogP contribution in [0.3, 0.4) is 0 Å². The number of alkyl halides is 3. The maximum absolute atomic E-state index is 14.1. The molecule has 2 saturated carbocycles. The van der Waals surface area contributed by atoms with Gasteiger partial charge in [0.2, 0.25) is 5.91 Å². The van der Waals surface area contributed by atoms with Crippen LogP contribution in [0.2, 0.25) is 0 Å². The minimum absolute atomic E-state index is 0.0610. The highest BCUT2D eigenvalue weighted by Gasteiger charge is 2.51. The van der Waals surface area contributed by atoms with Gasteiger partial charge in [-0.05, 0) is 49.4 Å². The number of methoxy groups -OCH3 is 1. The number of carbonyl (C=O) groups excluding carboxylic acids is 1. The fourth-order valence-corrected chi connectivity index (χ4v) is 7.20. The zero-order chi connectivity index (χ0) is 28.1. The first kappa shape index (κ1) is 28.0. The molecule has 9 nitrogen and oxygen atoms in total. The van der Waals surface area contributed by atoms with Gasteiger partial charge >= 0.3 is 6.18 Å². The van der Waals surface area contributed by atoms with Crippen molar-refractivity contribution >= 4 is 25.6 Å². The Morgan fingerprint density at radius 3 is 2.37 bits per heavy atom. The average molecular weight is 572 g/mol. The molecular formula is C24H24F3N3O6S2. The van der Waals surface area contributed by atoms with E-state index in [1.54, 1.807) is 0 Å². The summed E-state index contributed by atoms with van der Waals surface area (Å²) in [7, 11) is -6.99. The van der Waals surface area contributed by atoms with Crippen molar-refractivity contribution in [3.63, 3.8) is 0 Å². The van der Waals surface area contributed by atoms with E-state index in [-0.39, 0.29) is 28.9 Å². The number of carbonyl (C=O) groups is 1. The summed E-state index contributed by atoms with van der Waals surface area (Å²) in [5.41, 5.74) is -2.41. The highest BCUT2D eigenvalue weighted by atomic mass is 32.2. The number of nitrogens with one attached hydrogen (secondary N) is 1. The second kappa shape index (κ2) is 9.62. The highest BCUT2D eigenvalue weighted by Crippen LogP contribution is 2.43. The Balaban J connectivity index is 1.69. The second-order valence-electron chi connectivity index (χ2n) is 9.59. The Hall–Kier alpha value is -3.02. The molecule has 0 aliphatic heterocycles. The summed E-state index contributed by atoms with van der Waals surface area (Å²) in [6.07, 6.45) is -2.29. The van der Waals surface area contributed by atoms with Gasteiger partial charge in [-0.15, -0.1) is 0 Å². The van der Waals surface area contributed by atoms with Crippen molar-refractivity contribution in [3.8, 4) is 17.2 Å². The summed E-state index contributed by atoms with van der Waals surface area (Å²) >= 11 is 0. The number of aromatic nitrogens is 1. The summed E-state index contributed by atoms with van der Waals surface area (Å²) in [4.78, 5) is 15.4. The normalized spacial score (nSPS) is 23.0. The standard InChI is InChI=1S/C24H24F3N3O6S2/c1-36-20-10-16(9-18(20)22(31)30-23(13-28)5-6-23)38(34,35)21-4-3-14(8-19(21)24(25,26)27)15-7-17(12-29-11-15)37(2,32)33/h3-4,7-8,11-12,16,18,20H,5-6,9-10H2,1-2H3,(H,30,31)/t16?,18-,20?/m1/s1. The number of ether oxygens (including phenoxy) is 1. The van der Waals surface area contributed by atoms with Crippen molar-refractivity contribution in [1.82, 2.24) is 10.3 Å². The molecule has 1 N–H and O–H groups in total. The SMILES string of the molecule is COC1CC(S(=O)(=O)c2ccc(-c3cncc(S(C)(=O)=O)c3)cc2C(F)(F)F)C[C@H]1C(=O)NC1(C#N)CC1. The van der Waals surface area contributed by atoms with Crippen LogP contribution in [0, 0.1) is 17.2 Å². The molecule has 1 aromatic heterocycles. The quantitative estimate of drug-likeness (QED) is 0.535. The van der Waals surface area contributed by atoms with Gasteiger partial charge in [-0.3, -0.25) is 9.78 Å². The molecule has 2 unspecified atom stereocenters. The van der Waals surface area contributed by atoms with Gasteiger partial charge in [-0.25, -0.2) is 16.8 Å². The third-order valence-corrected chi connectivity index (χ3v) is 10.2. The van der Waals surface area contributed by atoms with E-state index < -0.39 is 65.0 Å². The number of rotatable bonds is 7. The molecule has 1 heterocycles. The number of nitrogens with zero attached hydrogens (tertiary/aromatic N) is 2. The van der Waals surface area contributed by atoms with Gasteiger partial charge in [0, 0.05) is 31.3 Å². The van der Waals surface area contributed by atoms with Crippen LogP contribution < -0.4 is 5.32 Å². The van der Waals surface area contributed by atoms with Crippen LogP contribution in [0.15, 0.2) is 46.5 Å². The van der Waals surface area contributed by atoms with E-state index in [4.69, 9.17) is 4.74 Å². The first-order valence-electron chi connectivity index (χ1n) is 11.5. The molecule has 204 valence electrons. The second-order valence-corrected chi connectivity index (χ2v) is 13.8. The lowest BCUT2D eigenvalue weighted by Crippen LogP contribution is -2.42. The number of nitriles is 1. The predicted octanol–water partition coefficient (Wildman–Crippen LogP) is 2.91. The Labute approximate surface area is 217 Å². The van der Waals surface area contributed by atoms with E-state index >= 15 is 0 Å². The topological polar surface area (TPSA) is 143 Å². The van der Waals surface area contributed by atoms with Gasteiger partial charge in [0.25, 0.3) is 0 Å². The third kappa shape index (κ3) is 5.41. The van der Waals surface area contributed by atoms with E-state index in [1.807, 2.05) is 6.07 Å². The fraction of sp³-hybridized carbons (Fsp3) is 0.458. The van der Waals surface area contributed by atoms with Crippen molar-refractivity contribution in [2.24, 2.45) is 5.92 Å². The van der Waals surface area contributed by atoms with E-state index in [2.05, 4.69) is 10.3 Å². The first-order valence-corrected chi connectivity index (χ1v) is 14.9. The largest absolute Gasteiger partial charge is 0.417 e. The van der Waals surface area contributed by atoms with Gasteiger partial charge < -0.3 is 10.1 Å². The summed E-state index contributed by atoms with van der Waals surface area (Å²) < 4.78 is 98.3. The minimum atomic E-state index is -5.05. The van der Waals surface area contributed by atoms with Crippen LogP contribution in [0.1, 0.15) is 31.2 Å². The molecule has 3 atom stereocenters. The van der Waals surface area contributed by atoms with Crippen LogP contribution in [-0.2, 0) is 35.4 Å². The number of hydrogen-bond acceptors (Lipinski definition) is 8. The molecular weight excluding hydrogens is 547 g/mol. The maximum Gasteiger partial charge on any atom is 0.417 e. The van der Waals surface area contributed by atoms with Crippen molar-refractivity contribution in [2.45, 2.75) is 58.5 Å². The molecule has 0 spiro atoms. The van der Waals surface area contributed by atoms with Crippen LogP contribution in [0.25, 0.3) is 11.1 Å². The molecule has 0 bridgehead atoms. The Bertz CT molecular complexity index is 1530. The van der Waals surface area contributed by atoms with Crippen molar-refractivity contribution in [2.75, 3.05) is 13.4 Å². The minimum Gasteiger partial charge on any atom is -0.381 e. The van der Waals surface area contributed by atoms with Gasteiger partial charge in [0.05, 0.1) is 38.7 Å². The Kier molecular flexibility index (Phi) is 7.09. The zero-order valence-electron chi connectivity index (χ0n) is 20.3. The summed E-state index contributed by atoms with van der Waals surface area (Å²) in [5.74, 6) is -1.53. The molecule has 14 heteroatoms. The van der Waals surface area contributed by atoms with Crippen molar-refractivity contribution < 1.29 is 39.5 Å². The number of hydrogen-bond donors (Lipinski definition) is 1. The highest BCUT2D eigenvalue weighted by molar-refractivity contribution is 7.92. The number of benzene rings is 1. The number of amides is 1. The Morgan fingerprint density at radius 1 is 1.13 bits per heavy atom. The molecule has 2 aliphatic rings. The van der Waals surface area contributed by atoms with Gasteiger partial charge in [0.15, 0.2) is 19.7 Å². The molecule has 1 aromatic carbocycles. The molecule has 0 saturated heterocycles. The molecule has 2 aliphatic carbocycles. The van der Waals surface area contributed by atoms with E-state index in [9.17, 15) is 40.1 Å². The van der Waals surface area contributed by atoms with Crippen molar-refractivity contribution in [1.29, 1.82) is 5.26 Å². The van der Waals surface area contributed by atoms with Gasteiger partial charge in [0.1, 0.15) is 5.54 Å². The Morgan fingerprint density at radius 2 is 1.82 bits per heavy atom. The van der Waals surface area contributed by atoms with Crippen molar-refractivity contribution in [3.05, 3.63) is 42.2 Å². The van der Waals surface area contributed by atoms with Crippen LogP contribution >= 0.6 is 0 Å². The summed E-state index contributed by atoms with van der Waals surface area (Å²) in [5, 5.41) is 10.5. The molecule has 2 aromatic rings. The number of pyridine rings is 1. The molecule has 0 radical (unpaired) electrons. The molecule has 2 fully saturated rings. The van der Waals surface area contributed by atoms with E-state index in [0.29, 0.717) is 18.9 Å². The smallest absolute Gasteiger partial charge is 0.381 e. The zero-order valence-corrected chi connectivity index (χ0v) is 22.0. The monoisotopic (exact) mass is 571 g/mol. The van der Waals surface area contributed by atoms with Gasteiger partial charge in [-0.1, -0.05) is 6.07 Å².